The third-order valence-electron chi connectivity index (χ3n) is 2.72. The molecule has 0 aliphatic rings. The van der Waals surface area contributed by atoms with Crippen molar-refractivity contribution in [2.24, 2.45) is 0 Å². The second-order valence-electron chi connectivity index (χ2n) is 4.78. The molecule has 2 aromatic carbocycles. The van der Waals surface area contributed by atoms with Crippen molar-refractivity contribution in [1.29, 1.82) is 0 Å². The molecule has 0 amide bonds. The minimum absolute atomic E-state index is 0.150. The monoisotopic (exact) mass is 293 g/mol. The lowest BCUT2D eigenvalue weighted by Gasteiger charge is -2.11. The quantitative estimate of drug-likeness (QED) is 0.848. The lowest BCUT2D eigenvalue weighted by molar-refractivity contribution is 0.242. The van der Waals surface area contributed by atoms with E-state index >= 15 is 0 Å². The van der Waals surface area contributed by atoms with Gasteiger partial charge >= 0.3 is 0 Å². The number of halogens is 2. The molecule has 20 heavy (non-hydrogen) atoms. The van der Waals surface area contributed by atoms with Crippen LogP contribution in [0.5, 0.6) is 5.75 Å². The van der Waals surface area contributed by atoms with Crippen LogP contribution in [0.25, 0.3) is 0 Å². The average molecular weight is 294 g/mol. The van der Waals surface area contributed by atoms with Gasteiger partial charge in [0.15, 0.2) is 0 Å². The maximum Gasteiger partial charge on any atom is 0.129 e. The van der Waals surface area contributed by atoms with Gasteiger partial charge in [0.1, 0.15) is 11.6 Å². The number of benzene rings is 2. The Morgan fingerprint density at radius 2 is 1.85 bits per heavy atom. The summed E-state index contributed by atoms with van der Waals surface area (Å²) in [7, 11) is 0. The Hall–Kier alpha value is -1.74. The molecule has 0 aromatic heterocycles. The van der Waals surface area contributed by atoms with Crippen LogP contribution in [0.15, 0.2) is 42.5 Å². The summed E-state index contributed by atoms with van der Waals surface area (Å²) >= 11 is 5.72. The molecule has 0 aliphatic carbocycles. The number of anilines is 1. The van der Waals surface area contributed by atoms with E-state index in [1.807, 2.05) is 38.1 Å². The summed E-state index contributed by atoms with van der Waals surface area (Å²) in [4.78, 5) is 0. The van der Waals surface area contributed by atoms with Crippen LogP contribution < -0.4 is 10.1 Å². The van der Waals surface area contributed by atoms with Crippen LogP contribution in [-0.2, 0) is 6.54 Å². The van der Waals surface area contributed by atoms with Gasteiger partial charge in [0.25, 0.3) is 0 Å². The summed E-state index contributed by atoms with van der Waals surface area (Å²) in [6.45, 7) is 4.37. The molecular weight excluding hydrogens is 277 g/mol. The first-order chi connectivity index (χ1) is 9.54. The van der Waals surface area contributed by atoms with Crippen LogP contribution in [0.1, 0.15) is 19.4 Å². The second-order valence-corrected chi connectivity index (χ2v) is 5.22. The van der Waals surface area contributed by atoms with Gasteiger partial charge in [0.05, 0.1) is 6.10 Å². The fourth-order valence-corrected chi connectivity index (χ4v) is 1.94. The minimum atomic E-state index is -0.301. The van der Waals surface area contributed by atoms with Crippen LogP contribution >= 0.6 is 11.6 Å². The first kappa shape index (κ1) is 14.7. The number of ether oxygens (including phenoxy) is 1. The van der Waals surface area contributed by atoms with Gasteiger partial charge in [-0.05, 0) is 50.2 Å². The predicted molar refractivity (Wildman–Crippen MR) is 80.9 cm³/mol. The van der Waals surface area contributed by atoms with E-state index in [9.17, 15) is 4.39 Å². The van der Waals surface area contributed by atoms with E-state index in [0.717, 1.165) is 11.4 Å². The van der Waals surface area contributed by atoms with E-state index < -0.39 is 0 Å². The highest BCUT2D eigenvalue weighted by Gasteiger charge is 2.03. The van der Waals surface area contributed by atoms with Crippen molar-refractivity contribution in [2.75, 3.05) is 5.32 Å². The molecule has 0 atom stereocenters. The van der Waals surface area contributed by atoms with Crippen molar-refractivity contribution in [1.82, 2.24) is 0 Å². The summed E-state index contributed by atoms with van der Waals surface area (Å²) in [5.41, 5.74) is 1.49. The van der Waals surface area contributed by atoms with Crippen LogP contribution in [0.2, 0.25) is 5.02 Å². The number of hydrogen-bond donors (Lipinski definition) is 1. The molecule has 0 radical (unpaired) electrons. The molecule has 0 fully saturated rings. The normalized spacial score (nSPS) is 10.7. The van der Waals surface area contributed by atoms with Crippen molar-refractivity contribution in [3.8, 4) is 5.75 Å². The molecule has 0 heterocycles. The maximum absolute atomic E-state index is 13.6. The molecule has 0 saturated carbocycles. The smallest absolute Gasteiger partial charge is 0.129 e. The zero-order chi connectivity index (χ0) is 14.5. The van der Waals surface area contributed by atoms with Crippen LogP contribution in [-0.4, -0.2) is 6.10 Å². The highest BCUT2D eigenvalue weighted by Crippen LogP contribution is 2.19. The number of rotatable bonds is 5. The number of nitrogens with one attached hydrogen (secondary N) is 1. The standard InChI is InChI=1S/C16H17ClFNO/c1-11(2)20-15-7-5-14(6-8-15)19-10-12-3-4-13(17)9-16(12)18/h3-9,11,19H,10H2,1-2H3. The third-order valence-corrected chi connectivity index (χ3v) is 2.96. The highest BCUT2D eigenvalue weighted by atomic mass is 35.5. The summed E-state index contributed by atoms with van der Waals surface area (Å²) in [5.74, 6) is 0.521. The van der Waals surface area contributed by atoms with E-state index in [0.29, 0.717) is 17.1 Å². The average Bonchev–Trinajstić information content (AvgIpc) is 2.39. The van der Waals surface area contributed by atoms with Crippen molar-refractivity contribution in [2.45, 2.75) is 26.5 Å². The van der Waals surface area contributed by atoms with Gasteiger partial charge < -0.3 is 10.1 Å². The third kappa shape index (κ3) is 4.14. The summed E-state index contributed by atoms with van der Waals surface area (Å²) < 4.78 is 19.2. The maximum atomic E-state index is 13.6. The summed E-state index contributed by atoms with van der Waals surface area (Å²) in [6, 6.07) is 12.3. The van der Waals surface area contributed by atoms with E-state index in [-0.39, 0.29) is 11.9 Å². The van der Waals surface area contributed by atoms with E-state index in [1.165, 1.54) is 6.07 Å². The fraction of sp³-hybridized carbons (Fsp3) is 0.250. The fourth-order valence-electron chi connectivity index (χ4n) is 1.79. The topological polar surface area (TPSA) is 21.3 Å². The van der Waals surface area contributed by atoms with Gasteiger partial charge in [-0.25, -0.2) is 4.39 Å². The molecule has 106 valence electrons. The van der Waals surface area contributed by atoms with Crippen molar-refractivity contribution in [3.05, 3.63) is 58.9 Å². The minimum Gasteiger partial charge on any atom is -0.491 e. The lowest BCUT2D eigenvalue weighted by atomic mass is 10.2. The van der Waals surface area contributed by atoms with Gasteiger partial charge in [-0.2, -0.15) is 0 Å². The molecule has 0 unspecified atom stereocenters. The Bertz CT molecular complexity index is 569. The van der Waals surface area contributed by atoms with Gasteiger partial charge in [-0.1, -0.05) is 17.7 Å². The molecule has 1 N–H and O–H groups in total. The van der Waals surface area contributed by atoms with E-state index in [4.69, 9.17) is 16.3 Å². The lowest BCUT2D eigenvalue weighted by Crippen LogP contribution is -2.05. The Balaban J connectivity index is 1.96. The van der Waals surface area contributed by atoms with E-state index in [2.05, 4.69) is 5.32 Å². The van der Waals surface area contributed by atoms with Gasteiger partial charge in [-0.3, -0.25) is 0 Å². The first-order valence-electron chi connectivity index (χ1n) is 6.49. The molecule has 0 aliphatic heterocycles. The Morgan fingerprint density at radius 1 is 1.15 bits per heavy atom. The molecule has 2 nitrogen and oxygen atoms in total. The van der Waals surface area contributed by atoms with Gasteiger partial charge in [0.2, 0.25) is 0 Å². The molecule has 0 spiro atoms. The van der Waals surface area contributed by atoms with Crippen molar-refractivity contribution < 1.29 is 9.13 Å². The molecular formula is C16H17ClFNO. The molecule has 4 heteroatoms. The SMILES string of the molecule is CC(C)Oc1ccc(NCc2ccc(Cl)cc2F)cc1. The first-order valence-corrected chi connectivity index (χ1v) is 6.87. The number of hydrogen-bond acceptors (Lipinski definition) is 2. The van der Waals surface area contributed by atoms with Crippen LogP contribution in [0, 0.1) is 5.82 Å². The Kier molecular flexibility index (Phi) is 4.85. The summed E-state index contributed by atoms with van der Waals surface area (Å²) in [5, 5.41) is 3.57. The molecule has 0 bridgehead atoms. The van der Waals surface area contributed by atoms with Crippen molar-refractivity contribution in [3.63, 3.8) is 0 Å². The molecule has 2 aromatic rings. The largest absolute Gasteiger partial charge is 0.491 e. The van der Waals surface area contributed by atoms with Crippen LogP contribution in [0.3, 0.4) is 0 Å². The van der Waals surface area contributed by atoms with Crippen molar-refractivity contribution >= 4 is 17.3 Å². The Labute approximate surface area is 123 Å². The zero-order valence-corrected chi connectivity index (χ0v) is 12.2. The van der Waals surface area contributed by atoms with E-state index in [1.54, 1.807) is 12.1 Å². The molecule has 2 rings (SSSR count). The van der Waals surface area contributed by atoms with Crippen LogP contribution in [0.4, 0.5) is 10.1 Å². The second kappa shape index (κ2) is 6.62. The van der Waals surface area contributed by atoms with Gasteiger partial charge in [-0.15, -0.1) is 0 Å². The Morgan fingerprint density at radius 3 is 2.45 bits per heavy atom. The summed E-state index contributed by atoms with van der Waals surface area (Å²) in [6.07, 6.45) is 0.150. The predicted octanol–water partition coefficient (Wildman–Crippen LogP) is 4.88. The zero-order valence-electron chi connectivity index (χ0n) is 11.5. The highest BCUT2D eigenvalue weighted by molar-refractivity contribution is 6.30. The van der Waals surface area contributed by atoms with Gasteiger partial charge in [0, 0.05) is 22.8 Å². The molecule has 0 saturated heterocycles.